The lowest BCUT2D eigenvalue weighted by Gasteiger charge is -2.49. The normalized spacial score (nSPS) is 35.3. The van der Waals surface area contributed by atoms with Crippen LogP contribution in [0.5, 0.6) is 0 Å². The maximum atomic E-state index is 9.99. The van der Waals surface area contributed by atoms with E-state index < -0.39 is 0 Å². The van der Waals surface area contributed by atoms with E-state index in [-0.39, 0.29) is 12.1 Å². The topological polar surface area (TPSA) is 35.5 Å². The summed E-state index contributed by atoms with van der Waals surface area (Å²) >= 11 is 0. The fourth-order valence-electron chi connectivity index (χ4n) is 4.69. The molecule has 21 heavy (non-hydrogen) atoms. The Labute approximate surface area is 131 Å². The first-order valence-corrected chi connectivity index (χ1v) is 9.24. The van der Waals surface area contributed by atoms with Crippen LogP contribution >= 0.6 is 0 Å². The molecule has 0 aromatic heterocycles. The van der Waals surface area contributed by atoms with Crippen molar-refractivity contribution in [1.29, 1.82) is 0 Å². The number of nitrogens with zero attached hydrogens (tertiary/aromatic N) is 1. The molecule has 0 aromatic carbocycles. The predicted molar refractivity (Wildman–Crippen MR) is 89.6 cm³/mol. The van der Waals surface area contributed by atoms with Gasteiger partial charge in [0.25, 0.3) is 0 Å². The second-order valence-electron chi connectivity index (χ2n) is 7.66. The number of nitrogens with one attached hydrogen (secondary N) is 1. The zero-order chi connectivity index (χ0) is 15.3. The van der Waals surface area contributed by atoms with E-state index in [2.05, 4.69) is 31.0 Å². The molecule has 1 saturated carbocycles. The molecule has 124 valence electrons. The molecular weight excluding hydrogens is 260 g/mol. The maximum Gasteiger partial charge on any atom is 0.0613 e. The summed E-state index contributed by atoms with van der Waals surface area (Å²) in [5.41, 5.74) is -0.0364. The van der Waals surface area contributed by atoms with Gasteiger partial charge in [0.15, 0.2) is 0 Å². The molecule has 0 bridgehead atoms. The molecule has 3 nitrogen and oxygen atoms in total. The SMILES string of the molecule is CCCC1CCCCN1C1CCCC(CO)(NC(C)C)C1. The zero-order valence-electron chi connectivity index (χ0n) is 14.4. The number of piperidine rings is 1. The minimum atomic E-state index is -0.0364. The van der Waals surface area contributed by atoms with E-state index in [1.54, 1.807) is 0 Å². The molecular formula is C18H36N2O. The lowest BCUT2D eigenvalue weighted by Crippen LogP contribution is -2.59. The van der Waals surface area contributed by atoms with Gasteiger partial charge in [-0.1, -0.05) is 33.6 Å². The van der Waals surface area contributed by atoms with Gasteiger partial charge in [0.2, 0.25) is 0 Å². The summed E-state index contributed by atoms with van der Waals surface area (Å²) in [7, 11) is 0. The first-order valence-electron chi connectivity index (χ1n) is 9.24. The smallest absolute Gasteiger partial charge is 0.0613 e. The van der Waals surface area contributed by atoms with Crippen molar-refractivity contribution >= 4 is 0 Å². The summed E-state index contributed by atoms with van der Waals surface area (Å²) in [6, 6.07) is 1.92. The second-order valence-corrected chi connectivity index (χ2v) is 7.66. The highest BCUT2D eigenvalue weighted by atomic mass is 16.3. The molecule has 2 N–H and O–H groups in total. The summed E-state index contributed by atoms with van der Waals surface area (Å²) in [5, 5.41) is 13.7. The number of aliphatic hydroxyl groups is 1. The van der Waals surface area contributed by atoms with Crippen LogP contribution in [-0.4, -0.2) is 46.8 Å². The van der Waals surface area contributed by atoms with Gasteiger partial charge in [0, 0.05) is 23.7 Å². The van der Waals surface area contributed by atoms with Crippen LogP contribution in [0, 0.1) is 0 Å². The number of aliphatic hydroxyl groups excluding tert-OH is 1. The van der Waals surface area contributed by atoms with E-state index in [1.807, 2.05) is 0 Å². The number of likely N-dealkylation sites (tertiary alicyclic amines) is 1. The average molecular weight is 296 g/mol. The van der Waals surface area contributed by atoms with Crippen LogP contribution in [0.25, 0.3) is 0 Å². The number of rotatable bonds is 6. The highest BCUT2D eigenvalue weighted by Crippen LogP contribution is 2.35. The first-order chi connectivity index (χ1) is 10.1. The third-order valence-corrected chi connectivity index (χ3v) is 5.48. The average Bonchev–Trinajstić information content (AvgIpc) is 2.48. The monoisotopic (exact) mass is 296 g/mol. The molecule has 0 radical (unpaired) electrons. The van der Waals surface area contributed by atoms with Crippen molar-refractivity contribution in [1.82, 2.24) is 10.2 Å². The molecule has 0 amide bonds. The van der Waals surface area contributed by atoms with Gasteiger partial charge in [-0.2, -0.15) is 0 Å². The van der Waals surface area contributed by atoms with Gasteiger partial charge >= 0.3 is 0 Å². The largest absolute Gasteiger partial charge is 0.394 e. The van der Waals surface area contributed by atoms with Crippen molar-refractivity contribution in [3.8, 4) is 0 Å². The summed E-state index contributed by atoms with van der Waals surface area (Å²) in [6.07, 6.45) is 11.6. The van der Waals surface area contributed by atoms with Crippen LogP contribution in [0.1, 0.15) is 78.6 Å². The summed E-state index contributed by atoms with van der Waals surface area (Å²) in [6.45, 7) is 8.27. The molecule has 0 aromatic rings. The number of hydrogen-bond acceptors (Lipinski definition) is 3. The van der Waals surface area contributed by atoms with E-state index in [9.17, 15) is 5.11 Å². The van der Waals surface area contributed by atoms with E-state index in [1.165, 1.54) is 51.5 Å². The minimum absolute atomic E-state index is 0.0364. The quantitative estimate of drug-likeness (QED) is 0.789. The highest BCUT2D eigenvalue weighted by molar-refractivity contribution is 4.98. The van der Waals surface area contributed by atoms with Gasteiger partial charge in [-0.25, -0.2) is 0 Å². The van der Waals surface area contributed by atoms with E-state index in [4.69, 9.17) is 0 Å². The summed E-state index contributed by atoms with van der Waals surface area (Å²) < 4.78 is 0. The van der Waals surface area contributed by atoms with Crippen molar-refractivity contribution in [3.63, 3.8) is 0 Å². The fourth-order valence-corrected chi connectivity index (χ4v) is 4.69. The lowest BCUT2D eigenvalue weighted by atomic mass is 9.77. The highest BCUT2D eigenvalue weighted by Gasteiger charge is 2.40. The van der Waals surface area contributed by atoms with Crippen LogP contribution in [0.4, 0.5) is 0 Å². The molecule has 1 aliphatic heterocycles. The van der Waals surface area contributed by atoms with Crippen molar-refractivity contribution in [2.24, 2.45) is 0 Å². The molecule has 1 aliphatic carbocycles. The molecule has 3 atom stereocenters. The van der Waals surface area contributed by atoms with Crippen LogP contribution in [-0.2, 0) is 0 Å². The molecule has 1 saturated heterocycles. The Morgan fingerprint density at radius 3 is 2.71 bits per heavy atom. The van der Waals surface area contributed by atoms with Crippen LogP contribution in [0.15, 0.2) is 0 Å². The van der Waals surface area contributed by atoms with Crippen LogP contribution in [0.2, 0.25) is 0 Å². The Bertz CT molecular complexity index is 306. The molecule has 0 spiro atoms. The van der Waals surface area contributed by atoms with Crippen molar-refractivity contribution in [3.05, 3.63) is 0 Å². The molecule has 1 heterocycles. The molecule has 2 aliphatic rings. The molecule has 3 unspecified atom stereocenters. The van der Waals surface area contributed by atoms with Crippen molar-refractivity contribution in [2.75, 3.05) is 13.2 Å². The lowest BCUT2D eigenvalue weighted by molar-refractivity contribution is 0.0178. The Morgan fingerprint density at radius 1 is 1.24 bits per heavy atom. The Hall–Kier alpha value is -0.120. The maximum absolute atomic E-state index is 9.99. The second kappa shape index (κ2) is 7.94. The van der Waals surface area contributed by atoms with E-state index in [0.29, 0.717) is 12.1 Å². The summed E-state index contributed by atoms with van der Waals surface area (Å²) in [5.74, 6) is 0. The zero-order valence-corrected chi connectivity index (χ0v) is 14.4. The third-order valence-electron chi connectivity index (χ3n) is 5.48. The van der Waals surface area contributed by atoms with E-state index >= 15 is 0 Å². The Kier molecular flexibility index (Phi) is 6.51. The minimum Gasteiger partial charge on any atom is -0.394 e. The first kappa shape index (κ1) is 17.2. The standard InChI is InChI=1S/C18H36N2O/c1-4-8-16-9-5-6-12-20(16)17-10-7-11-18(13-17,14-21)19-15(2)3/h15-17,19,21H,4-14H2,1-3H3. The van der Waals surface area contributed by atoms with Crippen molar-refractivity contribution < 1.29 is 5.11 Å². The van der Waals surface area contributed by atoms with Gasteiger partial charge in [-0.15, -0.1) is 0 Å². The van der Waals surface area contributed by atoms with Crippen molar-refractivity contribution in [2.45, 2.75) is 102 Å². The van der Waals surface area contributed by atoms with Gasteiger partial charge in [-0.05, 0) is 51.5 Å². The van der Waals surface area contributed by atoms with Crippen LogP contribution in [0.3, 0.4) is 0 Å². The predicted octanol–water partition coefficient (Wildman–Crippen LogP) is 3.31. The molecule has 3 heteroatoms. The molecule has 2 fully saturated rings. The third kappa shape index (κ3) is 4.43. The Balaban J connectivity index is 2.04. The van der Waals surface area contributed by atoms with Gasteiger partial charge in [-0.3, -0.25) is 4.90 Å². The van der Waals surface area contributed by atoms with Gasteiger partial charge in [0.05, 0.1) is 6.61 Å². The number of hydrogen-bond donors (Lipinski definition) is 2. The van der Waals surface area contributed by atoms with Gasteiger partial charge < -0.3 is 10.4 Å². The van der Waals surface area contributed by atoms with E-state index in [0.717, 1.165) is 18.9 Å². The summed E-state index contributed by atoms with van der Waals surface area (Å²) in [4.78, 5) is 2.80. The molecule has 2 rings (SSSR count). The fraction of sp³-hybridized carbons (Fsp3) is 1.00. The Morgan fingerprint density at radius 2 is 2.05 bits per heavy atom. The van der Waals surface area contributed by atoms with Gasteiger partial charge in [0.1, 0.15) is 0 Å². The van der Waals surface area contributed by atoms with Crippen LogP contribution < -0.4 is 5.32 Å².